The van der Waals surface area contributed by atoms with E-state index in [1.807, 2.05) is 0 Å². The van der Waals surface area contributed by atoms with E-state index < -0.39 is 0 Å². The normalized spacial score (nSPS) is 25.3. The van der Waals surface area contributed by atoms with Crippen molar-refractivity contribution in [3.63, 3.8) is 0 Å². The van der Waals surface area contributed by atoms with E-state index in [1.165, 1.54) is 25.6 Å². The van der Waals surface area contributed by atoms with Gasteiger partial charge in [-0.2, -0.15) is 4.98 Å². The molecule has 0 bridgehead atoms. The first-order valence-corrected chi connectivity index (χ1v) is 5.52. The second-order valence-electron chi connectivity index (χ2n) is 4.23. The van der Waals surface area contributed by atoms with Crippen LogP contribution in [0.3, 0.4) is 0 Å². The van der Waals surface area contributed by atoms with Gasteiger partial charge in [0, 0.05) is 12.1 Å². The van der Waals surface area contributed by atoms with E-state index in [4.69, 9.17) is 10.3 Å². The maximum Gasteiger partial charge on any atom is 0.240 e. The molecule has 1 saturated heterocycles. The SMILES string of the molecule is CC(N)C1CCCCN1Cc1ncno1. The third-order valence-corrected chi connectivity index (χ3v) is 3.02. The highest BCUT2D eigenvalue weighted by molar-refractivity contribution is 4.86. The average Bonchev–Trinajstić information content (AvgIpc) is 2.71. The molecule has 0 aromatic carbocycles. The van der Waals surface area contributed by atoms with Crippen molar-refractivity contribution in [1.82, 2.24) is 15.0 Å². The monoisotopic (exact) mass is 210 g/mol. The van der Waals surface area contributed by atoms with Crippen LogP contribution in [0.25, 0.3) is 0 Å². The molecule has 1 fully saturated rings. The first-order valence-electron chi connectivity index (χ1n) is 5.52. The maximum absolute atomic E-state index is 5.98. The summed E-state index contributed by atoms with van der Waals surface area (Å²) in [5.41, 5.74) is 5.98. The zero-order valence-electron chi connectivity index (χ0n) is 9.09. The average molecular weight is 210 g/mol. The summed E-state index contributed by atoms with van der Waals surface area (Å²) in [7, 11) is 0. The number of aromatic nitrogens is 2. The van der Waals surface area contributed by atoms with Crippen LogP contribution in [0.5, 0.6) is 0 Å². The molecule has 0 amide bonds. The predicted octanol–water partition coefficient (Wildman–Crippen LogP) is 0.771. The maximum atomic E-state index is 5.98. The largest absolute Gasteiger partial charge is 0.338 e. The minimum Gasteiger partial charge on any atom is -0.338 e. The van der Waals surface area contributed by atoms with Crippen LogP contribution < -0.4 is 5.73 Å². The fraction of sp³-hybridized carbons (Fsp3) is 0.800. The van der Waals surface area contributed by atoms with Crippen molar-refractivity contribution in [2.75, 3.05) is 6.54 Å². The highest BCUT2D eigenvalue weighted by Gasteiger charge is 2.26. The summed E-state index contributed by atoms with van der Waals surface area (Å²) in [6, 6.07) is 0.652. The lowest BCUT2D eigenvalue weighted by atomic mass is 9.97. The summed E-state index contributed by atoms with van der Waals surface area (Å²) < 4.78 is 5.02. The second kappa shape index (κ2) is 4.72. The Morgan fingerprint density at radius 1 is 1.67 bits per heavy atom. The van der Waals surface area contributed by atoms with Gasteiger partial charge in [0.2, 0.25) is 5.89 Å². The molecule has 0 spiro atoms. The van der Waals surface area contributed by atoms with Crippen molar-refractivity contribution in [2.45, 2.75) is 44.8 Å². The summed E-state index contributed by atoms with van der Waals surface area (Å²) in [6.45, 7) is 3.87. The molecular weight excluding hydrogens is 192 g/mol. The molecule has 2 atom stereocenters. The molecule has 1 aliphatic heterocycles. The predicted molar refractivity (Wildman–Crippen MR) is 56.0 cm³/mol. The summed E-state index contributed by atoms with van der Waals surface area (Å²) >= 11 is 0. The summed E-state index contributed by atoms with van der Waals surface area (Å²) in [5.74, 6) is 0.683. The summed E-state index contributed by atoms with van der Waals surface area (Å²) in [4.78, 5) is 6.39. The Morgan fingerprint density at radius 2 is 2.53 bits per heavy atom. The van der Waals surface area contributed by atoms with Gasteiger partial charge in [0.05, 0.1) is 6.54 Å². The Balaban J connectivity index is 1.99. The Morgan fingerprint density at radius 3 is 3.20 bits per heavy atom. The molecular formula is C10H18N4O. The van der Waals surface area contributed by atoms with E-state index >= 15 is 0 Å². The van der Waals surface area contributed by atoms with Gasteiger partial charge in [-0.1, -0.05) is 11.6 Å². The number of likely N-dealkylation sites (tertiary alicyclic amines) is 1. The fourth-order valence-electron chi connectivity index (χ4n) is 2.25. The Bertz CT molecular complexity index is 286. The summed E-state index contributed by atoms with van der Waals surface area (Å²) in [5, 5.41) is 3.61. The van der Waals surface area contributed by atoms with Crippen LogP contribution in [-0.4, -0.2) is 33.7 Å². The highest BCUT2D eigenvalue weighted by Crippen LogP contribution is 2.20. The van der Waals surface area contributed by atoms with Crippen LogP contribution >= 0.6 is 0 Å². The smallest absolute Gasteiger partial charge is 0.240 e. The van der Waals surface area contributed by atoms with Gasteiger partial charge in [0.1, 0.15) is 0 Å². The first kappa shape index (κ1) is 10.6. The van der Waals surface area contributed by atoms with E-state index in [-0.39, 0.29) is 6.04 Å². The Labute approximate surface area is 89.6 Å². The molecule has 84 valence electrons. The lowest BCUT2D eigenvalue weighted by molar-refractivity contribution is 0.109. The van der Waals surface area contributed by atoms with Crippen molar-refractivity contribution >= 4 is 0 Å². The van der Waals surface area contributed by atoms with Gasteiger partial charge in [-0.3, -0.25) is 4.90 Å². The molecule has 0 aliphatic carbocycles. The van der Waals surface area contributed by atoms with Gasteiger partial charge < -0.3 is 10.3 Å². The highest BCUT2D eigenvalue weighted by atomic mass is 16.5. The van der Waals surface area contributed by atoms with Crippen LogP contribution in [0.15, 0.2) is 10.9 Å². The molecule has 2 N–H and O–H groups in total. The number of hydrogen-bond acceptors (Lipinski definition) is 5. The summed E-state index contributed by atoms with van der Waals surface area (Å²) in [6.07, 6.45) is 5.12. The quantitative estimate of drug-likeness (QED) is 0.798. The molecule has 5 heteroatoms. The Kier molecular flexibility index (Phi) is 3.33. The lowest BCUT2D eigenvalue weighted by Crippen LogP contribution is -2.48. The van der Waals surface area contributed by atoms with Crippen molar-refractivity contribution in [3.05, 3.63) is 12.2 Å². The fourth-order valence-corrected chi connectivity index (χ4v) is 2.25. The van der Waals surface area contributed by atoms with Crippen molar-refractivity contribution in [2.24, 2.45) is 5.73 Å². The molecule has 2 unspecified atom stereocenters. The third-order valence-electron chi connectivity index (χ3n) is 3.02. The van der Waals surface area contributed by atoms with Gasteiger partial charge >= 0.3 is 0 Å². The minimum absolute atomic E-state index is 0.202. The van der Waals surface area contributed by atoms with Crippen LogP contribution in [0, 0.1) is 0 Å². The number of hydrogen-bond donors (Lipinski definition) is 1. The van der Waals surface area contributed by atoms with Crippen molar-refractivity contribution in [1.29, 1.82) is 0 Å². The molecule has 0 radical (unpaired) electrons. The van der Waals surface area contributed by atoms with E-state index in [0.29, 0.717) is 11.9 Å². The third kappa shape index (κ3) is 2.54. The van der Waals surface area contributed by atoms with Crippen molar-refractivity contribution < 1.29 is 4.52 Å². The lowest BCUT2D eigenvalue weighted by Gasteiger charge is -2.36. The van der Waals surface area contributed by atoms with Gasteiger partial charge in [0.25, 0.3) is 0 Å². The molecule has 2 heterocycles. The van der Waals surface area contributed by atoms with E-state index in [9.17, 15) is 0 Å². The van der Waals surface area contributed by atoms with Crippen LogP contribution in [0.2, 0.25) is 0 Å². The van der Waals surface area contributed by atoms with Crippen LogP contribution in [0.4, 0.5) is 0 Å². The molecule has 2 rings (SSSR count). The minimum atomic E-state index is 0.202. The molecule has 0 saturated carbocycles. The molecule has 5 nitrogen and oxygen atoms in total. The van der Waals surface area contributed by atoms with Gasteiger partial charge in [-0.25, -0.2) is 0 Å². The Hall–Kier alpha value is -0.940. The van der Waals surface area contributed by atoms with Gasteiger partial charge in [0.15, 0.2) is 6.33 Å². The van der Waals surface area contributed by atoms with Gasteiger partial charge in [-0.15, -0.1) is 0 Å². The number of nitrogens with two attached hydrogens (primary N) is 1. The first-order chi connectivity index (χ1) is 7.27. The second-order valence-corrected chi connectivity index (χ2v) is 4.23. The van der Waals surface area contributed by atoms with Gasteiger partial charge in [-0.05, 0) is 26.3 Å². The molecule has 1 aromatic heterocycles. The standard InChI is InChI=1S/C10H18N4O/c1-8(11)9-4-2-3-5-14(9)6-10-12-7-13-15-10/h7-9H,2-6,11H2,1H3. The van der Waals surface area contributed by atoms with E-state index in [0.717, 1.165) is 13.1 Å². The molecule has 1 aliphatic rings. The topological polar surface area (TPSA) is 68.2 Å². The van der Waals surface area contributed by atoms with Crippen molar-refractivity contribution in [3.8, 4) is 0 Å². The van der Waals surface area contributed by atoms with Crippen LogP contribution in [0.1, 0.15) is 32.1 Å². The van der Waals surface area contributed by atoms with E-state index in [1.54, 1.807) is 0 Å². The zero-order chi connectivity index (χ0) is 10.7. The molecule has 1 aromatic rings. The zero-order valence-corrected chi connectivity index (χ0v) is 9.09. The van der Waals surface area contributed by atoms with E-state index in [2.05, 4.69) is 22.0 Å². The number of rotatable bonds is 3. The molecule has 15 heavy (non-hydrogen) atoms. The number of piperidine rings is 1. The van der Waals surface area contributed by atoms with Crippen LogP contribution in [-0.2, 0) is 6.54 Å². The number of nitrogens with zero attached hydrogens (tertiary/aromatic N) is 3.